The molecule has 0 aliphatic heterocycles. The number of rotatable bonds is 2. The van der Waals surface area contributed by atoms with Crippen molar-refractivity contribution in [2.24, 2.45) is 0 Å². The van der Waals surface area contributed by atoms with Gasteiger partial charge in [0, 0.05) is 27.8 Å². The lowest BCUT2D eigenvalue weighted by Crippen LogP contribution is -2.22. The molecule has 3 rings (SSSR count). The maximum atomic E-state index is 12.4. The normalized spacial score (nSPS) is 10.6. The maximum absolute atomic E-state index is 12.4. The van der Waals surface area contributed by atoms with Crippen molar-refractivity contribution in [2.75, 3.05) is 5.32 Å². The summed E-state index contributed by atoms with van der Waals surface area (Å²) in [5, 5.41) is 3.74. The molecule has 2 N–H and O–H groups in total. The fourth-order valence-electron chi connectivity index (χ4n) is 2.25. The molecule has 1 amide bonds. The molecule has 5 heteroatoms. The molecule has 110 valence electrons. The van der Waals surface area contributed by atoms with E-state index in [9.17, 15) is 9.59 Å². The first-order valence-electron chi connectivity index (χ1n) is 6.74. The van der Waals surface area contributed by atoms with Crippen molar-refractivity contribution in [3.63, 3.8) is 0 Å². The summed E-state index contributed by atoms with van der Waals surface area (Å²) in [5.41, 5.74) is 1.92. The van der Waals surface area contributed by atoms with Gasteiger partial charge in [-0.1, -0.05) is 29.8 Å². The summed E-state index contributed by atoms with van der Waals surface area (Å²) in [7, 11) is 0. The lowest BCUT2D eigenvalue weighted by Gasteiger charge is -2.09. The molecule has 0 unspecified atom stereocenters. The first kappa shape index (κ1) is 14.4. The van der Waals surface area contributed by atoms with Gasteiger partial charge in [0.1, 0.15) is 5.56 Å². The molecule has 0 aliphatic rings. The highest BCUT2D eigenvalue weighted by molar-refractivity contribution is 6.31. The highest BCUT2D eigenvalue weighted by Gasteiger charge is 2.14. The predicted molar refractivity (Wildman–Crippen MR) is 88.7 cm³/mol. The molecule has 0 spiro atoms. The number of aryl methyl sites for hydroxylation is 1. The van der Waals surface area contributed by atoms with Crippen LogP contribution in [0.1, 0.15) is 15.9 Å². The molecule has 2 aromatic carbocycles. The van der Waals surface area contributed by atoms with E-state index in [4.69, 9.17) is 11.6 Å². The van der Waals surface area contributed by atoms with Gasteiger partial charge in [0.25, 0.3) is 5.91 Å². The minimum atomic E-state index is -0.461. The minimum absolute atomic E-state index is 0.0677. The van der Waals surface area contributed by atoms with Gasteiger partial charge in [-0.05, 0) is 36.8 Å². The number of pyridine rings is 1. The molecule has 1 aromatic heterocycles. The average molecular weight is 313 g/mol. The first-order valence-corrected chi connectivity index (χ1v) is 7.12. The molecule has 22 heavy (non-hydrogen) atoms. The van der Waals surface area contributed by atoms with Crippen molar-refractivity contribution < 1.29 is 4.79 Å². The zero-order valence-corrected chi connectivity index (χ0v) is 12.6. The number of fused-ring (bicyclic) bond motifs is 1. The Labute approximate surface area is 131 Å². The Morgan fingerprint density at radius 1 is 1.18 bits per heavy atom. The van der Waals surface area contributed by atoms with Gasteiger partial charge in [-0.3, -0.25) is 9.59 Å². The van der Waals surface area contributed by atoms with Crippen molar-refractivity contribution >= 4 is 34.1 Å². The third-order valence-electron chi connectivity index (χ3n) is 3.48. The molecule has 4 nitrogen and oxygen atoms in total. The van der Waals surface area contributed by atoms with Crippen LogP contribution < -0.4 is 10.7 Å². The average Bonchev–Trinajstić information content (AvgIpc) is 2.51. The number of aromatic amines is 1. The fraction of sp³-hybridized carbons (Fsp3) is 0.0588. The van der Waals surface area contributed by atoms with Crippen LogP contribution in [-0.2, 0) is 0 Å². The van der Waals surface area contributed by atoms with Crippen LogP contribution in [0.5, 0.6) is 0 Å². The molecule has 0 saturated carbocycles. The van der Waals surface area contributed by atoms with E-state index in [0.717, 1.165) is 5.56 Å². The highest BCUT2D eigenvalue weighted by Crippen LogP contribution is 2.20. The highest BCUT2D eigenvalue weighted by atomic mass is 35.5. The van der Waals surface area contributed by atoms with E-state index in [0.29, 0.717) is 21.6 Å². The first-order chi connectivity index (χ1) is 10.6. The number of H-pyrrole nitrogens is 1. The number of hydrogen-bond acceptors (Lipinski definition) is 2. The van der Waals surface area contributed by atoms with Gasteiger partial charge in [0.2, 0.25) is 5.43 Å². The number of aromatic nitrogens is 1. The van der Waals surface area contributed by atoms with E-state index in [1.54, 1.807) is 30.3 Å². The lowest BCUT2D eigenvalue weighted by molar-refractivity contribution is 0.102. The maximum Gasteiger partial charge on any atom is 0.261 e. The minimum Gasteiger partial charge on any atom is -0.360 e. The van der Waals surface area contributed by atoms with Gasteiger partial charge in [0.15, 0.2) is 0 Å². The third kappa shape index (κ3) is 2.61. The number of anilines is 1. The Bertz CT molecular complexity index is 931. The summed E-state index contributed by atoms with van der Waals surface area (Å²) in [4.78, 5) is 27.7. The summed E-state index contributed by atoms with van der Waals surface area (Å²) >= 11 is 5.94. The number of para-hydroxylation sites is 1. The smallest absolute Gasteiger partial charge is 0.261 e. The number of amides is 1. The van der Waals surface area contributed by atoms with Gasteiger partial charge in [-0.15, -0.1) is 0 Å². The molecule has 3 aromatic rings. The second-order valence-electron chi connectivity index (χ2n) is 4.99. The van der Waals surface area contributed by atoms with E-state index in [1.165, 1.54) is 6.20 Å². The molecule has 0 bridgehead atoms. The van der Waals surface area contributed by atoms with Gasteiger partial charge in [0.05, 0.1) is 0 Å². The van der Waals surface area contributed by atoms with Crippen LogP contribution in [0.15, 0.2) is 53.5 Å². The molecule has 0 saturated heterocycles. The van der Waals surface area contributed by atoms with E-state index < -0.39 is 5.91 Å². The summed E-state index contributed by atoms with van der Waals surface area (Å²) in [6.45, 7) is 1.86. The van der Waals surface area contributed by atoms with Crippen LogP contribution in [0.4, 0.5) is 5.69 Å². The lowest BCUT2D eigenvalue weighted by atomic mass is 10.1. The van der Waals surface area contributed by atoms with Crippen LogP contribution in [0.2, 0.25) is 5.02 Å². The largest absolute Gasteiger partial charge is 0.360 e. The number of carbonyl (C=O) groups excluding carboxylic acids is 1. The van der Waals surface area contributed by atoms with Crippen LogP contribution in [-0.4, -0.2) is 10.9 Å². The van der Waals surface area contributed by atoms with Crippen molar-refractivity contribution in [1.29, 1.82) is 0 Å². The van der Waals surface area contributed by atoms with Crippen LogP contribution in [0.3, 0.4) is 0 Å². The van der Waals surface area contributed by atoms with Gasteiger partial charge in [-0.25, -0.2) is 0 Å². The number of carbonyl (C=O) groups is 1. The van der Waals surface area contributed by atoms with Gasteiger partial charge in [-0.2, -0.15) is 0 Å². The standard InChI is InChI=1S/C17H13ClN2O2/c1-10-6-7-11(18)8-15(10)20-17(22)13-9-19-14-5-3-2-4-12(14)16(13)21/h2-9H,1H3,(H,19,21)(H,20,22). The zero-order valence-electron chi connectivity index (χ0n) is 11.8. The van der Waals surface area contributed by atoms with Crippen molar-refractivity contribution in [3.8, 4) is 0 Å². The summed E-state index contributed by atoms with van der Waals surface area (Å²) in [5.74, 6) is -0.461. The Morgan fingerprint density at radius 2 is 1.95 bits per heavy atom. The Kier molecular flexibility index (Phi) is 3.69. The molecule has 0 atom stereocenters. The molecular weight excluding hydrogens is 300 g/mol. The van der Waals surface area contributed by atoms with E-state index in [1.807, 2.05) is 19.1 Å². The SMILES string of the molecule is Cc1ccc(Cl)cc1NC(=O)c1c[nH]c2ccccc2c1=O. The second kappa shape index (κ2) is 5.66. The van der Waals surface area contributed by atoms with Gasteiger partial charge < -0.3 is 10.3 Å². The molecule has 0 aliphatic carbocycles. The summed E-state index contributed by atoms with van der Waals surface area (Å²) in [6.07, 6.45) is 1.43. The number of halogens is 1. The fourth-order valence-corrected chi connectivity index (χ4v) is 2.43. The number of hydrogen-bond donors (Lipinski definition) is 2. The van der Waals surface area contributed by atoms with Crippen LogP contribution >= 0.6 is 11.6 Å². The van der Waals surface area contributed by atoms with Crippen molar-refractivity contribution in [2.45, 2.75) is 6.92 Å². The van der Waals surface area contributed by atoms with Crippen molar-refractivity contribution in [3.05, 3.63) is 75.0 Å². The number of nitrogens with one attached hydrogen (secondary N) is 2. The summed E-state index contributed by atoms with van der Waals surface area (Å²) < 4.78 is 0. The molecular formula is C17H13ClN2O2. The Hall–Kier alpha value is -2.59. The molecule has 0 radical (unpaired) electrons. The van der Waals surface area contributed by atoms with E-state index in [2.05, 4.69) is 10.3 Å². The van der Waals surface area contributed by atoms with Crippen LogP contribution in [0, 0.1) is 6.92 Å². The topological polar surface area (TPSA) is 62.0 Å². The third-order valence-corrected chi connectivity index (χ3v) is 3.72. The van der Waals surface area contributed by atoms with Crippen LogP contribution in [0.25, 0.3) is 10.9 Å². The monoisotopic (exact) mass is 312 g/mol. The van der Waals surface area contributed by atoms with E-state index >= 15 is 0 Å². The summed E-state index contributed by atoms with van der Waals surface area (Å²) in [6, 6.07) is 12.3. The molecule has 1 heterocycles. The molecule has 0 fully saturated rings. The van der Waals surface area contributed by atoms with E-state index in [-0.39, 0.29) is 11.0 Å². The Balaban J connectivity index is 2.01. The Morgan fingerprint density at radius 3 is 2.77 bits per heavy atom. The predicted octanol–water partition coefficient (Wildman–Crippen LogP) is 3.74. The number of benzene rings is 2. The van der Waals surface area contributed by atoms with Crippen molar-refractivity contribution in [1.82, 2.24) is 4.98 Å². The van der Waals surface area contributed by atoms with Gasteiger partial charge >= 0.3 is 0 Å². The quantitative estimate of drug-likeness (QED) is 0.757. The second-order valence-corrected chi connectivity index (χ2v) is 5.43. The zero-order chi connectivity index (χ0) is 15.7.